The predicted octanol–water partition coefficient (Wildman–Crippen LogP) is 4.49. The summed E-state index contributed by atoms with van der Waals surface area (Å²) >= 11 is 8.98. The van der Waals surface area contributed by atoms with Crippen molar-refractivity contribution in [3.05, 3.63) is 60.2 Å². The number of nitrogens with zero attached hydrogens (tertiary/aromatic N) is 4. The average molecular weight is 328 g/mol. The van der Waals surface area contributed by atoms with E-state index >= 15 is 0 Å². The highest BCUT2D eigenvalue weighted by molar-refractivity contribution is 7.78. The lowest BCUT2D eigenvalue weighted by Gasteiger charge is -2.01. The van der Waals surface area contributed by atoms with Gasteiger partial charge in [0.25, 0.3) is 0 Å². The first-order chi connectivity index (χ1) is 10.7. The van der Waals surface area contributed by atoms with Crippen LogP contribution in [0.3, 0.4) is 0 Å². The van der Waals surface area contributed by atoms with E-state index in [0.29, 0.717) is 0 Å². The van der Waals surface area contributed by atoms with Crippen molar-refractivity contribution in [3.8, 4) is 0 Å². The number of aliphatic imine (C=N–C) groups is 2. The van der Waals surface area contributed by atoms with Crippen LogP contribution in [0.5, 0.6) is 0 Å². The molecule has 0 aliphatic carbocycles. The van der Waals surface area contributed by atoms with Gasteiger partial charge in [0.15, 0.2) is 0 Å². The molecule has 0 radical (unpaired) electrons. The summed E-state index contributed by atoms with van der Waals surface area (Å²) in [4.78, 5) is 15.8. The van der Waals surface area contributed by atoms with Gasteiger partial charge in [-0.25, -0.2) is 9.98 Å². The minimum Gasteiger partial charge on any atom is -0.264 e. The smallest absolute Gasteiger partial charge is 0.0838 e. The van der Waals surface area contributed by atoms with Crippen molar-refractivity contribution < 1.29 is 0 Å². The molecule has 2 heterocycles. The fraction of sp³-hybridized carbons (Fsp3) is 0.250. The van der Waals surface area contributed by atoms with Crippen molar-refractivity contribution in [1.82, 2.24) is 9.97 Å². The molecule has 0 saturated heterocycles. The summed E-state index contributed by atoms with van der Waals surface area (Å²) in [6.07, 6.45) is 7.02. The molecule has 0 bridgehead atoms. The molecule has 112 valence electrons. The maximum absolute atomic E-state index is 4.49. The molecule has 6 heteroatoms. The monoisotopic (exact) mass is 328 g/mol. The van der Waals surface area contributed by atoms with Gasteiger partial charge in [0, 0.05) is 24.8 Å². The number of rotatable bonds is 4. The number of hydrogen-bond acceptors (Lipinski definition) is 6. The molecule has 0 unspecified atom stereocenters. The van der Waals surface area contributed by atoms with Gasteiger partial charge in [0.05, 0.1) is 22.4 Å². The summed E-state index contributed by atoms with van der Waals surface area (Å²) < 4.78 is 0. The lowest BCUT2D eigenvalue weighted by Crippen LogP contribution is -1.88. The molecule has 4 nitrogen and oxygen atoms in total. The highest BCUT2D eigenvalue weighted by Gasteiger charge is 2.00. The Morgan fingerprint density at radius 3 is 1.55 bits per heavy atom. The third-order valence-electron chi connectivity index (χ3n) is 2.83. The summed E-state index contributed by atoms with van der Waals surface area (Å²) in [6.45, 7) is 3.91. The first kappa shape index (κ1) is 18.0. The van der Waals surface area contributed by atoms with Crippen LogP contribution in [-0.2, 0) is 0 Å². The van der Waals surface area contributed by atoms with Crippen molar-refractivity contribution in [2.45, 2.75) is 25.9 Å². The van der Waals surface area contributed by atoms with Gasteiger partial charge in [0.2, 0.25) is 0 Å². The van der Waals surface area contributed by atoms with E-state index in [0.717, 1.165) is 11.1 Å². The van der Waals surface area contributed by atoms with Crippen molar-refractivity contribution in [2.75, 3.05) is 0 Å². The van der Waals surface area contributed by atoms with E-state index in [2.05, 4.69) is 54.7 Å². The molecular formula is C16H16N4S2. The number of thiocarbonyl (C=S) groups is 2. The summed E-state index contributed by atoms with van der Waals surface area (Å²) in [7, 11) is 0. The van der Waals surface area contributed by atoms with E-state index in [4.69, 9.17) is 0 Å². The fourth-order valence-corrected chi connectivity index (χ4v) is 1.87. The second-order valence-electron chi connectivity index (χ2n) is 4.37. The third kappa shape index (κ3) is 6.57. The topological polar surface area (TPSA) is 50.5 Å². The van der Waals surface area contributed by atoms with Crippen LogP contribution in [0, 0.1) is 0 Å². The normalized spacial score (nSPS) is 11.7. The molecule has 2 rings (SSSR count). The Morgan fingerprint density at radius 2 is 1.27 bits per heavy atom. The second-order valence-corrected chi connectivity index (χ2v) is 4.73. The van der Waals surface area contributed by atoms with Crippen LogP contribution in [0.1, 0.15) is 37.1 Å². The molecule has 0 aliphatic heterocycles. The van der Waals surface area contributed by atoms with Crippen LogP contribution in [0.15, 0.2) is 59.0 Å². The van der Waals surface area contributed by atoms with Crippen LogP contribution >= 0.6 is 24.4 Å². The van der Waals surface area contributed by atoms with E-state index in [-0.39, 0.29) is 12.1 Å². The average Bonchev–Trinajstić information content (AvgIpc) is 2.57. The quantitative estimate of drug-likeness (QED) is 0.613. The SMILES string of the molecule is C[C@@H](N=C=S)c1cccnc1.C[C@H](N=C=S)c1cccnc1. The van der Waals surface area contributed by atoms with Gasteiger partial charge in [-0.1, -0.05) is 12.1 Å². The van der Waals surface area contributed by atoms with Crippen molar-refractivity contribution >= 4 is 34.8 Å². The Hall–Kier alpha value is -2.10. The first-order valence-corrected chi connectivity index (χ1v) is 7.44. The Kier molecular flexibility index (Phi) is 8.65. The van der Waals surface area contributed by atoms with Gasteiger partial charge in [-0.05, 0) is 61.5 Å². The molecule has 0 spiro atoms. The lowest BCUT2D eigenvalue weighted by molar-refractivity contribution is 0.821. The molecule has 0 N–H and O–H groups in total. The Labute approximate surface area is 141 Å². The summed E-state index contributed by atoms with van der Waals surface area (Å²) in [6, 6.07) is 7.83. The Morgan fingerprint density at radius 1 is 0.864 bits per heavy atom. The predicted molar refractivity (Wildman–Crippen MR) is 95.4 cm³/mol. The lowest BCUT2D eigenvalue weighted by atomic mass is 10.2. The van der Waals surface area contributed by atoms with E-state index < -0.39 is 0 Å². The zero-order valence-corrected chi connectivity index (χ0v) is 14.0. The molecule has 0 saturated carbocycles. The number of hydrogen-bond donors (Lipinski definition) is 0. The zero-order valence-electron chi connectivity index (χ0n) is 12.4. The third-order valence-corrected chi connectivity index (χ3v) is 3.04. The van der Waals surface area contributed by atoms with Crippen molar-refractivity contribution in [3.63, 3.8) is 0 Å². The largest absolute Gasteiger partial charge is 0.264 e. The van der Waals surface area contributed by atoms with Crippen LogP contribution in [-0.4, -0.2) is 20.3 Å². The summed E-state index contributed by atoms with van der Waals surface area (Å²) in [5, 5.41) is 4.69. The second kappa shape index (κ2) is 10.6. The minimum atomic E-state index is 0.0706. The summed E-state index contributed by atoms with van der Waals surface area (Å²) in [5.74, 6) is 0. The maximum Gasteiger partial charge on any atom is 0.0838 e. The van der Waals surface area contributed by atoms with Crippen molar-refractivity contribution in [1.29, 1.82) is 0 Å². The first-order valence-electron chi connectivity index (χ1n) is 6.62. The van der Waals surface area contributed by atoms with E-state index in [1.807, 2.05) is 38.1 Å². The van der Waals surface area contributed by atoms with Gasteiger partial charge >= 0.3 is 0 Å². The van der Waals surface area contributed by atoms with Gasteiger partial charge in [-0.2, -0.15) is 0 Å². The van der Waals surface area contributed by atoms with Crippen LogP contribution < -0.4 is 0 Å². The molecule has 2 atom stereocenters. The number of isothiocyanates is 2. The highest BCUT2D eigenvalue weighted by atomic mass is 32.1. The van der Waals surface area contributed by atoms with Gasteiger partial charge < -0.3 is 0 Å². The van der Waals surface area contributed by atoms with Gasteiger partial charge in [-0.3, -0.25) is 9.97 Å². The van der Waals surface area contributed by atoms with Gasteiger partial charge in [-0.15, -0.1) is 0 Å². The number of aromatic nitrogens is 2. The number of pyridine rings is 2. The van der Waals surface area contributed by atoms with E-state index in [1.54, 1.807) is 24.8 Å². The molecule has 0 aromatic carbocycles. The fourth-order valence-electron chi connectivity index (χ4n) is 1.55. The zero-order chi connectivity index (χ0) is 16.2. The molecule has 22 heavy (non-hydrogen) atoms. The van der Waals surface area contributed by atoms with Crippen molar-refractivity contribution in [2.24, 2.45) is 9.98 Å². The van der Waals surface area contributed by atoms with Gasteiger partial charge in [0.1, 0.15) is 0 Å². The standard InChI is InChI=1S/2C8H8N2S/c2*1-7(10-6-11)8-3-2-4-9-5-8/h2*2-5,7H,1H3/t2*7-/m10/s1. The Bertz CT molecular complexity index is 589. The Balaban J connectivity index is 0.000000220. The molecular weight excluding hydrogens is 312 g/mol. The van der Waals surface area contributed by atoms with Crippen LogP contribution in [0.25, 0.3) is 0 Å². The summed E-state index contributed by atoms with van der Waals surface area (Å²) in [5.41, 5.74) is 2.12. The maximum atomic E-state index is 4.49. The van der Waals surface area contributed by atoms with Crippen LogP contribution in [0.4, 0.5) is 0 Å². The minimum absolute atomic E-state index is 0.0706. The molecule has 0 amide bonds. The highest BCUT2D eigenvalue weighted by Crippen LogP contribution is 2.13. The van der Waals surface area contributed by atoms with E-state index in [1.165, 1.54) is 0 Å². The molecule has 0 fully saturated rings. The van der Waals surface area contributed by atoms with E-state index in [9.17, 15) is 0 Å². The molecule has 2 aromatic rings. The molecule has 0 aliphatic rings. The van der Waals surface area contributed by atoms with Crippen LogP contribution in [0.2, 0.25) is 0 Å². The molecule has 2 aromatic heterocycles.